The zero-order valence-corrected chi connectivity index (χ0v) is 12.5. The van der Waals surface area contributed by atoms with Gasteiger partial charge in [0.1, 0.15) is 0 Å². The van der Waals surface area contributed by atoms with Crippen LogP contribution in [0.1, 0.15) is 55.7 Å². The molecule has 0 bridgehead atoms. The normalized spacial score (nSPS) is 27.4. The Kier molecular flexibility index (Phi) is 3.33. The molecule has 0 N–H and O–H groups in total. The van der Waals surface area contributed by atoms with Crippen molar-refractivity contribution in [2.24, 2.45) is 5.92 Å². The van der Waals surface area contributed by atoms with E-state index >= 15 is 0 Å². The maximum atomic E-state index is 13.1. The average molecular weight is 281 g/mol. The van der Waals surface area contributed by atoms with Crippen LogP contribution in [-0.4, -0.2) is 16.8 Å². The lowest BCUT2D eigenvalue weighted by atomic mass is 9.92. The molecule has 2 atom stereocenters. The SMILES string of the molecule is O=C([C@H]1CC=CCC1)N(C1CC1)[C@@H]1CCc2ccccc21. The molecule has 0 spiro atoms. The molecule has 110 valence electrons. The van der Waals surface area contributed by atoms with E-state index in [2.05, 4.69) is 41.3 Å². The summed E-state index contributed by atoms with van der Waals surface area (Å²) in [5.41, 5.74) is 2.86. The number of carbonyl (C=O) groups excluding carboxylic acids is 1. The van der Waals surface area contributed by atoms with Gasteiger partial charge in [-0.05, 0) is 56.1 Å². The fraction of sp³-hybridized carbons (Fsp3) is 0.526. The number of carbonyl (C=O) groups is 1. The minimum atomic E-state index is 0.225. The summed E-state index contributed by atoms with van der Waals surface area (Å²) in [5, 5.41) is 0. The van der Waals surface area contributed by atoms with E-state index in [1.165, 1.54) is 24.0 Å². The van der Waals surface area contributed by atoms with E-state index in [4.69, 9.17) is 0 Å². The Hall–Kier alpha value is -1.57. The minimum absolute atomic E-state index is 0.225. The third-order valence-corrected chi connectivity index (χ3v) is 5.25. The summed E-state index contributed by atoms with van der Waals surface area (Å²) in [4.78, 5) is 15.3. The van der Waals surface area contributed by atoms with Gasteiger partial charge in [0.2, 0.25) is 5.91 Å². The first-order valence-corrected chi connectivity index (χ1v) is 8.39. The van der Waals surface area contributed by atoms with Crippen LogP contribution in [0.2, 0.25) is 0 Å². The van der Waals surface area contributed by atoms with Gasteiger partial charge < -0.3 is 4.90 Å². The fourth-order valence-electron chi connectivity index (χ4n) is 3.99. The van der Waals surface area contributed by atoms with Crippen molar-refractivity contribution in [1.29, 1.82) is 0 Å². The van der Waals surface area contributed by atoms with Crippen molar-refractivity contribution < 1.29 is 4.79 Å². The molecule has 0 aromatic heterocycles. The van der Waals surface area contributed by atoms with Gasteiger partial charge in [-0.2, -0.15) is 0 Å². The summed E-state index contributed by atoms with van der Waals surface area (Å²) in [5.74, 6) is 0.645. The number of fused-ring (bicyclic) bond motifs is 1. The maximum absolute atomic E-state index is 13.1. The molecule has 1 saturated carbocycles. The number of rotatable bonds is 3. The zero-order valence-electron chi connectivity index (χ0n) is 12.5. The molecule has 4 rings (SSSR count). The van der Waals surface area contributed by atoms with Crippen molar-refractivity contribution >= 4 is 5.91 Å². The lowest BCUT2D eigenvalue weighted by molar-refractivity contribution is -0.139. The Morgan fingerprint density at radius 3 is 2.67 bits per heavy atom. The van der Waals surface area contributed by atoms with Crippen LogP contribution in [0.25, 0.3) is 0 Å². The first kappa shape index (κ1) is 13.1. The molecule has 0 saturated heterocycles. The van der Waals surface area contributed by atoms with Crippen molar-refractivity contribution in [3.63, 3.8) is 0 Å². The van der Waals surface area contributed by atoms with Gasteiger partial charge >= 0.3 is 0 Å². The van der Waals surface area contributed by atoms with E-state index in [9.17, 15) is 4.79 Å². The van der Waals surface area contributed by atoms with Crippen LogP contribution in [0, 0.1) is 5.92 Å². The number of aryl methyl sites for hydroxylation is 1. The van der Waals surface area contributed by atoms with Crippen LogP contribution in [0.5, 0.6) is 0 Å². The first-order valence-electron chi connectivity index (χ1n) is 8.39. The van der Waals surface area contributed by atoms with Crippen LogP contribution in [0.4, 0.5) is 0 Å². The maximum Gasteiger partial charge on any atom is 0.226 e. The number of nitrogens with zero attached hydrogens (tertiary/aromatic N) is 1. The Morgan fingerprint density at radius 1 is 1.05 bits per heavy atom. The van der Waals surface area contributed by atoms with Crippen molar-refractivity contribution in [3.05, 3.63) is 47.5 Å². The molecule has 2 nitrogen and oxygen atoms in total. The summed E-state index contributed by atoms with van der Waals surface area (Å²) in [6.45, 7) is 0. The van der Waals surface area contributed by atoms with Gasteiger partial charge in [0.25, 0.3) is 0 Å². The van der Waals surface area contributed by atoms with E-state index in [0.29, 0.717) is 18.0 Å². The molecule has 21 heavy (non-hydrogen) atoms. The molecule has 3 aliphatic rings. The van der Waals surface area contributed by atoms with E-state index in [-0.39, 0.29) is 5.92 Å². The number of benzene rings is 1. The monoisotopic (exact) mass is 281 g/mol. The third-order valence-electron chi connectivity index (χ3n) is 5.25. The van der Waals surface area contributed by atoms with Gasteiger partial charge in [0, 0.05) is 12.0 Å². The van der Waals surface area contributed by atoms with Crippen LogP contribution < -0.4 is 0 Å². The van der Waals surface area contributed by atoms with Crippen LogP contribution >= 0.6 is 0 Å². The highest BCUT2D eigenvalue weighted by Gasteiger charge is 2.42. The van der Waals surface area contributed by atoms with Gasteiger partial charge in [0.15, 0.2) is 0 Å². The van der Waals surface area contributed by atoms with E-state index < -0.39 is 0 Å². The standard InChI is InChI=1S/C19H23NO/c21-19(15-7-2-1-3-8-15)20(16-11-12-16)18-13-10-14-6-4-5-9-17(14)18/h1-2,4-6,9,15-16,18H,3,7-8,10-13H2/t15-,18+/m0/s1. The van der Waals surface area contributed by atoms with Gasteiger partial charge in [-0.1, -0.05) is 36.4 Å². The second-order valence-electron chi connectivity index (χ2n) is 6.71. The van der Waals surface area contributed by atoms with Crippen LogP contribution in [0.3, 0.4) is 0 Å². The minimum Gasteiger partial charge on any atom is -0.332 e. The summed E-state index contributed by atoms with van der Waals surface area (Å²) in [6, 6.07) is 9.56. The van der Waals surface area contributed by atoms with Crippen LogP contribution in [0.15, 0.2) is 36.4 Å². The lowest BCUT2D eigenvalue weighted by Gasteiger charge is -2.33. The van der Waals surface area contributed by atoms with Crippen molar-refractivity contribution in [2.75, 3.05) is 0 Å². The molecule has 0 radical (unpaired) electrons. The first-order chi connectivity index (χ1) is 10.3. The summed E-state index contributed by atoms with van der Waals surface area (Å²) < 4.78 is 0. The number of amides is 1. The van der Waals surface area contributed by atoms with E-state index in [1.54, 1.807) is 0 Å². The summed E-state index contributed by atoms with van der Waals surface area (Å²) in [6.07, 6.45) is 12.1. The molecule has 1 aromatic carbocycles. The van der Waals surface area contributed by atoms with Crippen molar-refractivity contribution in [3.8, 4) is 0 Å². The smallest absolute Gasteiger partial charge is 0.226 e. The lowest BCUT2D eigenvalue weighted by Crippen LogP contribution is -2.40. The predicted molar refractivity (Wildman–Crippen MR) is 83.9 cm³/mol. The van der Waals surface area contributed by atoms with Gasteiger partial charge in [-0.25, -0.2) is 0 Å². The van der Waals surface area contributed by atoms with Crippen molar-refractivity contribution in [1.82, 2.24) is 4.90 Å². The molecular weight excluding hydrogens is 258 g/mol. The Morgan fingerprint density at radius 2 is 1.90 bits per heavy atom. The summed E-state index contributed by atoms with van der Waals surface area (Å²) >= 11 is 0. The van der Waals surface area contributed by atoms with E-state index in [0.717, 1.165) is 32.1 Å². The number of hydrogen-bond acceptors (Lipinski definition) is 1. The Balaban J connectivity index is 1.61. The molecule has 3 aliphatic carbocycles. The predicted octanol–water partition coefficient (Wildman–Crippen LogP) is 4.02. The molecule has 1 amide bonds. The molecule has 2 heteroatoms. The average Bonchev–Trinajstić information content (AvgIpc) is 3.29. The second-order valence-corrected chi connectivity index (χ2v) is 6.71. The Labute approximate surface area is 126 Å². The highest BCUT2D eigenvalue weighted by atomic mass is 16.2. The number of allylic oxidation sites excluding steroid dienone is 2. The quantitative estimate of drug-likeness (QED) is 0.766. The molecule has 1 aromatic rings. The Bertz CT molecular complexity index is 573. The van der Waals surface area contributed by atoms with Gasteiger partial charge in [-0.3, -0.25) is 4.79 Å². The molecule has 0 unspecified atom stereocenters. The molecule has 0 aliphatic heterocycles. The van der Waals surface area contributed by atoms with Gasteiger partial charge in [-0.15, -0.1) is 0 Å². The highest BCUT2D eigenvalue weighted by Crippen LogP contribution is 2.43. The highest BCUT2D eigenvalue weighted by molar-refractivity contribution is 5.80. The van der Waals surface area contributed by atoms with Gasteiger partial charge in [0.05, 0.1) is 6.04 Å². The topological polar surface area (TPSA) is 20.3 Å². The fourth-order valence-corrected chi connectivity index (χ4v) is 3.99. The molecule has 0 heterocycles. The van der Waals surface area contributed by atoms with Crippen molar-refractivity contribution in [2.45, 2.75) is 57.0 Å². The summed E-state index contributed by atoms with van der Waals surface area (Å²) in [7, 11) is 0. The molecule has 1 fully saturated rings. The zero-order chi connectivity index (χ0) is 14.2. The third kappa shape index (κ3) is 2.41. The van der Waals surface area contributed by atoms with Crippen LogP contribution in [-0.2, 0) is 11.2 Å². The number of hydrogen-bond donors (Lipinski definition) is 0. The van der Waals surface area contributed by atoms with E-state index in [1.807, 2.05) is 0 Å². The largest absolute Gasteiger partial charge is 0.332 e. The second kappa shape index (κ2) is 5.32. The molecular formula is C19H23NO.